The summed E-state index contributed by atoms with van der Waals surface area (Å²) in [5, 5.41) is 4.92. The van der Waals surface area contributed by atoms with Gasteiger partial charge in [0, 0.05) is 42.1 Å². The topological polar surface area (TPSA) is 43.6 Å². The minimum atomic E-state index is 0.594. The number of thiophene rings is 1. The van der Waals surface area contributed by atoms with E-state index in [4.69, 9.17) is 15.0 Å². The molecule has 10 aromatic rings. The van der Waals surface area contributed by atoms with Gasteiger partial charge in [0.15, 0.2) is 11.6 Å². The summed E-state index contributed by atoms with van der Waals surface area (Å²) in [5.74, 6) is 1.86. The van der Waals surface area contributed by atoms with Crippen LogP contribution < -0.4 is 0 Å². The first-order chi connectivity index (χ1) is 24.8. The first kappa shape index (κ1) is 28.6. The predicted octanol–water partition coefficient (Wildman–Crippen LogP) is 12.0. The van der Waals surface area contributed by atoms with E-state index >= 15 is 0 Å². The molecule has 7 aromatic carbocycles. The van der Waals surface area contributed by atoms with Crippen LogP contribution in [0.2, 0.25) is 0 Å². The van der Waals surface area contributed by atoms with E-state index in [0.717, 1.165) is 27.7 Å². The molecule has 0 saturated carbocycles. The second-order valence-electron chi connectivity index (χ2n) is 12.4. The molecule has 10 rings (SSSR count). The van der Waals surface area contributed by atoms with E-state index in [1.807, 2.05) is 35.6 Å². The number of nitrogens with zero attached hydrogens (tertiary/aromatic N) is 4. The first-order valence-corrected chi connectivity index (χ1v) is 17.5. The van der Waals surface area contributed by atoms with E-state index in [0.29, 0.717) is 17.6 Å². The molecule has 234 valence electrons. The lowest BCUT2D eigenvalue weighted by Crippen LogP contribution is -2.06. The van der Waals surface area contributed by atoms with Gasteiger partial charge < -0.3 is 0 Å². The first-order valence-electron chi connectivity index (χ1n) is 16.7. The van der Waals surface area contributed by atoms with E-state index in [1.165, 1.54) is 47.6 Å². The highest BCUT2D eigenvalue weighted by Gasteiger charge is 2.21. The summed E-state index contributed by atoms with van der Waals surface area (Å²) in [4.78, 5) is 15.4. The minimum absolute atomic E-state index is 0.594. The van der Waals surface area contributed by atoms with Crippen molar-refractivity contribution in [1.29, 1.82) is 0 Å². The summed E-state index contributed by atoms with van der Waals surface area (Å²) in [6, 6.07) is 59.5. The molecule has 0 aliphatic carbocycles. The fraction of sp³-hybridized carbons (Fsp3) is 0. The molecule has 0 bridgehead atoms. The highest BCUT2D eigenvalue weighted by atomic mass is 32.1. The highest BCUT2D eigenvalue weighted by Crippen LogP contribution is 2.45. The lowest BCUT2D eigenvalue weighted by molar-refractivity contribution is 0.953. The standard InChI is InChI=1S/C45H28N4S/c1-4-13-29(14-5-1)30-23-25-33(26-24-30)44-46-43(32-17-8-3-9-18-32)47-45(48-44)49-37-22-11-10-19-35(37)40-38(49)27-28-39-41(40)36-21-12-20-34(42(36)50-39)31-15-6-2-7-16-31/h1-28H. The zero-order chi connectivity index (χ0) is 33.0. The number of para-hydroxylation sites is 1. The van der Waals surface area contributed by atoms with Crippen LogP contribution in [0.25, 0.3) is 93.0 Å². The molecule has 0 aliphatic rings. The van der Waals surface area contributed by atoms with Crippen molar-refractivity contribution >= 4 is 53.3 Å². The van der Waals surface area contributed by atoms with Gasteiger partial charge in [0.05, 0.1) is 11.0 Å². The zero-order valence-corrected chi connectivity index (χ0v) is 27.7. The van der Waals surface area contributed by atoms with Crippen molar-refractivity contribution < 1.29 is 0 Å². The maximum absolute atomic E-state index is 5.20. The van der Waals surface area contributed by atoms with Crippen LogP contribution in [0.1, 0.15) is 0 Å². The molecule has 0 radical (unpaired) electrons. The van der Waals surface area contributed by atoms with Gasteiger partial charge in [-0.3, -0.25) is 4.57 Å². The summed E-state index contributed by atoms with van der Waals surface area (Å²) < 4.78 is 4.77. The molecule has 0 N–H and O–H groups in total. The van der Waals surface area contributed by atoms with Crippen LogP contribution >= 0.6 is 11.3 Å². The van der Waals surface area contributed by atoms with Gasteiger partial charge in [-0.1, -0.05) is 152 Å². The molecule has 0 fully saturated rings. The number of hydrogen-bond acceptors (Lipinski definition) is 4. The molecule has 0 unspecified atom stereocenters. The highest BCUT2D eigenvalue weighted by molar-refractivity contribution is 7.26. The summed E-state index contributed by atoms with van der Waals surface area (Å²) in [7, 11) is 0. The van der Waals surface area contributed by atoms with E-state index in [-0.39, 0.29) is 0 Å². The minimum Gasteiger partial charge on any atom is -0.278 e. The van der Waals surface area contributed by atoms with Crippen LogP contribution in [-0.2, 0) is 0 Å². The third kappa shape index (κ3) is 4.63. The van der Waals surface area contributed by atoms with E-state index in [1.54, 1.807) is 0 Å². The zero-order valence-electron chi connectivity index (χ0n) is 26.9. The van der Waals surface area contributed by atoms with Crippen LogP contribution in [0.5, 0.6) is 0 Å². The van der Waals surface area contributed by atoms with Gasteiger partial charge >= 0.3 is 0 Å². The lowest BCUT2D eigenvalue weighted by atomic mass is 10.0. The van der Waals surface area contributed by atoms with E-state index in [2.05, 4.69) is 150 Å². The van der Waals surface area contributed by atoms with Crippen molar-refractivity contribution in [2.24, 2.45) is 0 Å². The van der Waals surface area contributed by atoms with Crippen LogP contribution in [0.3, 0.4) is 0 Å². The Balaban J connectivity index is 1.23. The van der Waals surface area contributed by atoms with Crippen LogP contribution in [0.4, 0.5) is 0 Å². The summed E-state index contributed by atoms with van der Waals surface area (Å²) in [5.41, 5.74) is 8.82. The molecular formula is C45H28N4S. The molecule has 0 spiro atoms. The Morgan fingerprint density at radius 3 is 1.66 bits per heavy atom. The van der Waals surface area contributed by atoms with Gasteiger partial charge in [0.1, 0.15) is 0 Å². The number of fused-ring (bicyclic) bond motifs is 7. The maximum atomic E-state index is 5.20. The quantitative estimate of drug-likeness (QED) is 0.185. The van der Waals surface area contributed by atoms with Crippen molar-refractivity contribution in [3.63, 3.8) is 0 Å². The van der Waals surface area contributed by atoms with Gasteiger partial charge in [-0.25, -0.2) is 4.98 Å². The van der Waals surface area contributed by atoms with Crippen molar-refractivity contribution in [1.82, 2.24) is 19.5 Å². The van der Waals surface area contributed by atoms with Crippen LogP contribution in [0.15, 0.2) is 170 Å². The Labute approximate surface area is 292 Å². The molecular weight excluding hydrogens is 629 g/mol. The summed E-state index contributed by atoms with van der Waals surface area (Å²) >= 11 is 1.86. The van der Waals surface area contributed by atoms with Crippen molar-refractivity contribution in [3.8, 4) is 51.0 Å². The van der Waals surface area contributed by atoms with Gasteiger partial charge in [-0.2, -0.15) is 9.97 Å². The number of benzene rings is 7. The molecule has 3 heterocycles. The van der Waals surface area contributed by atoms with Crippen molar-refractivity contribution in [2.45, 2.75) is 0 Å². The number of hydrogen-bond donors (Lipinski definition) is 0. The third-order valence-corrected chi connectivity index (χ3v) is 10.7. The fourth-order valence-corrected chi connectivity index (χ4v) is 8.41. The molecule has 3 aromatic heterocycles. The summed E-state index contributed by atoms with van der Waals surface area (Å²) in [6.07, 6.45) is 0. The lowest BCUT2D eigenvalue weighted by Gasteiger charge is -2.11. The SMILES string of the molecule is c1ccc(-c2ccc(-c3nc(-c4ccccc4)nc(-n4c5ccccc5c5c6c(ccc54)sc4c(-c5ccccc5)cccc46)n3)cc2)cc1. The molecule has 0 atom stereocenters. The number of aromatic nitrogens is 4. The maximum Gasteiger partial charge on any atom is 0.238 e. The van der Waals surface area contributed by atoms with Crippen molar-refractivity contribution in [2.75, 3.05) is 0 Å². The molecule has 0 aliphatic heterocycles. The number of rotatable bonds is 5. The monoisotopic (exact) mass is 656 g/mol. The van der Waals surface area contributed by atoms with E-state index < -0.39 is 0 Å². The molecule has 4 nitrogen and oxygen atoms in total. The second kappa shape index (κ2) is 11.6. The Kier molecular flexibility index (Phi) is 6.64. The molecule has 5 heteroatoms. The Morgan fingerprint density at radius 2 is 0.940 bits per heavy atom. The fourth-order valence-electron chi connectivity index (χ4n) is 7.16. The van der Waals surface area contributed by atoms with E-state index in [9.17, 15) is 0 Å². The van der Waals surface area contributed by atoms with Gasteiger partial charge in [-0.15, -0.1) is 11.3 Å². The van der Waals surface area contributed by atoms with Gasteiger partial charge in [0.25, 0.3) is 0 Å². The molecule has 0 saturated heterocycles. The smallest absolute Gasteiger partial charge is 0.238 e. The van der Waals surface area contributed by atoms with Crippen LogP contribution in [0, 0.1) is 0 Å². The third-order valence-electron chi connectivity index (χ3n) is 9.49. The average Bonchev–Trinajstić information content (AvgIpc) is 3.75. The molecule has 50 heavy (non-hydrogen) atoms. The average molecular weight is 657 g/mol. The largest absolute Gasteiger partial charge is 0.278 e. The predicted molar refractivity (Wildman–Crippen MR) is 209 cm³/mol. The Morgan fingerprint density at radius 1 is 0.380 bits per heavy atom. The van der Waals surface area contributed by atoms with Gasteiger partial charge in [0.2, 0.25) is 5.95 Å². The molecule has 0 amide bonds. The van der Waals surface area contributed by atoms with Crippen LogP contribution in [-0.4, -0.2) is 19.5 Å². The Bertz CT molecular complexity index is 2840. The van der Waals surface area contributed by atoms with Gasteiger partial charge in [-0.05, 0) is 40.5 Å². The summed E-state index contributed by atoms with van der Waals surface area (Å²) in [6.45, 7) is 0. The van der Waals surface area contributed by atoms with Crippen molar-refractivity contribution in [3.05, 3.63) is 170 Å². The Hall–Kier alpha value is -6.43. The second-order valence-corrected chi connectivity index (χ2v) is 13.5. The normalized spacial score (nSPS) is 11.6.